The summed E-state index contributed by atoms with van der Waals surface area (Å²) in [7, 11) is 0. The predicted octanol–water partition coefficient (Wildman–Crippen LogP) is 2.71. The van der Waals surface area contributed by atoms with E-state index >= 15 is 0 Å². The highest BCUT2D eigenvalue weighted by molar-refractivity contribution is 9.10. The van der Waals surface area contributed by atoms with Gasteiger partial charge in [-0.05, 0) is 47.0 Å². The van der Waals surface area contributed by atoms with Gasteiger partial charge in [-0.2, -0.15) is 5.21 Å². The summed E-state index contributed by atoms with van der Waals surface area (Å²) >= 11 is 9.15. The summed E-state index contributed by atoms with van der Waals surface area (Å²) in [6.45, 7) is 1.39. The zero-order valence-electron chi connectivity index (χ0n) is 12.0. The number of amides is 2. The summed E-state index contributed by atoms with van der Waals surface area (Å²) in [6.07, 6.45) is 1.95. The van der Waals surface area contributed by atoms with Crippen molar-refractivity contribution >= 4 is 45.2 Å². The number of H-pyrrole nitrogens is 1. The van der Waals surface area contributed by atoms with E-state index in [0.717, 1.165) is 12.8 Å². The van der Waals surface area contributed by atoms with Crippen LogP contribution < -0.4 is 5.32 Å². The van der Waals surface area contributed by atoms with Crippen molar-refractivity contribution in [3.63, 3.8) is 0 Å². The molecule has 1 aliphatic rings. The lowest BCUT2D eigenvalue weighted by Crippen LogP contribution is -2.29. The highest BCUT2D eigenvalue weighted by Gasteiger charge is 2.26. The van der Waals surface area contributed by atoms with Crippen LogP contribution in [0.3, 0.4) is 0 Å². The number of anilines is 1. The second-order valence-corrected chi connectivity index (χ2v) is 6.39. The van der Waals surface area contributed by atoms with Gasteiger partial charge in [-0.3, -0.25) is 9.59 Å². The number of likely N-dealkylation sites (tertiary alicyclic amines) is 1. The summed E-state index contributed by atoms with van der Waals surface area (Å²) in [6, 6.07) is 4.82. The Hall–Kier alpha value is -1.93. The number of hydrogen-bond donors (Lipinski definition) is 2. The van der Waals surface area contributed by atoms with E-state index in [9.17, 15) is 9.59 Å². The van der Waals surface area contributed by atoms with Crippen LogP contribution in [-0.2, 0) is 0 Å². The largest absolute Gasteiger partial charge is 0.337 e. The Kier molecular flexibility index (Phi) is 4.63. The fourth-order valence-electron chi connectivity index (χ4n) is 2.39. The molecule has 0 spiro atoms. The average molecular weight is 399 g/mol. The lowest BCUT2D eigenvalue weighted by Gasteiger charge is -2.14. The minimum atomic E-state index is -0.405. The van der Waals surface area contributed by atoms with Crippen molar-refractivity contribution in [3.05, 3.63) is 39.0 Å². The van der Waals surface area contributed by atoms with Crippen molar-refractivity contribution in [2.45, 2.75) is 12.8 Å². The molecule has 1 fully saturated rings. The number of carbonyl (C=O) groups is 2. The van der Waals surface area contributed by atoms with E-state index in [2.05, 4.69) is 36.7 Å². The standard InChI is InChI=1S/C14H13BrClN5O2/c15-10-7-8(16)3-4-9(10)13(22)17-12-11(18-20-19-12)14(23)21-5-1-2-6-21/h3-4,7H,1-2,5-6H2,(H2,17,18,19,20,22). The molecule has 120 valence electrons. The third-order valence-electron chi connectivity index (χ3n) is 3.55. The quantitative estimate of drug-likeness (QED) is 0.831. The Bertz CT molecular complexity index is 757. The molecule has 9 heteroatoms. The molecule has 3 rings (SSSR count). The molecule has 1 aromatic heterocycles. The zero-order chi connectivity index (χ0) is 16.4. The number of rotatable bonds is 3. The molecule has 1 aromatic carbocycles. The first-order valence-corrected chi connectivity index (χ1v) is 8.20. The first kappa shape index (κ1) is 15.9. The molecule has 7 nitrogen and oxygen atoms in total. The first-order valence-electron chi connectivity index (χ1n) is 7.02. The third kappa shape index (κ3) is 3.37. The molecule has 2 aromatic rings. The number of nitrogens with zero attached hydrogens (tertiary/aromatic N) is 3. The molecule has 0 atom stereocenters. The maximum atomic E-state index is 12.4. The molecule has 2 amide bonds. The summed E-state index contributed by atoms with van der Waals surface area (Å²) in [5.74, 6) is -0.520. The van der Waals surface area contributed by atoms with Crippen molar-refractivity contribution in [1.82, 2.24) is 20.3 Å². The van der Waals surface area contributed by atoms with Gasteiger partial charge < -0.3 is 10.2 Å². The molecule has 0 unspecified atom stereocenters. The Labute approximate surface area is 145 Å². The van der Waals surface area contributed by atoms with E-state index < -0.39 is 5.91 Å². The molecule has 0 bridgehead atoms. The molecule has 1 aliphatic heterocycles. The maximum absolute atomic E-state index is 12.4. The van der Waals surface area contributed by atoms with Gasteiger partial charge in [0.05, 0.1) is 5.56 Å². The van der Waals surface area contributed by atoms with Crippen molar-refractivity contribution < 1.29 is 9.59 Å². The molecular weight excluding hydrogens is 386 g/mol. The van der Waals surface area contributed by atoms with Gasteiger partial charge >= 0.3 is 0 Å². The van der Waals surface area contributed by atoms with Crippen LogP contribution in [0.2, 0.25) is 5.02 Å². The lowest BCUT2D eigenvalue weighted by molar-refractivity contribution is 0.0788. The summed E-state index contributed by atoms with van der Waals surface area (Å²) in [5.41, 5.74) is 0.502. The van der Waals surface area contributed by atoms with Crippen LogP contribution in [0.1, 0.15) is 33.7 Å². The van der Waals surface area contributed by atoms with Gasteiger partial charge in [0.15, 0.2) is 11.5 Å². The summed E-state index contributed by atoms with van der Waals surface area (Å²) in [4.78, 5) is 26.4. The highest BCUT2D eigenvalue weighted by Crippen LogP contribution is 2.23. The minimum absolute atomic E-state index is 0.116. The molecule has 1 saturated heterocycles. The SMILES string of the molecule is O=C(Nc1n[nH]nc1C(=O)N1CCCC1)c1ccc(Cl)cc1Br. The van der Waals surface area contributed by atoms with Gasteiger partial charge in [0.1, 0.15) is 0 Å². The van der Waals surface area contributed by atoms with Crippen LogP contribution in [0.15, 0.2) is 22.7 Å². The van der Waals surface area contributed by atoms with Crippen LogP contribution in [0.4, 0.5) is 5.82 Å². The summed E-state index contributed by atoms with van der Waals surface area (Å²) < 4.78 is 0.554. The van der Waals surface area contributed by atoms with Gasteiger partial charge in [0, 0.05) is 22.6 Å². The van der Waals surface area contributed by atoms with Crippen LogP contribution in [0.25, 0.3) is 0 Å². The first-order chi connectivity index (χ1) is 11.1. The Morgan fingerprint density at radius 1 is 1.26 bits per heavy atom. The zero-order valence-corrected chi connectivity index (χ0v) is 14.3. The third-order valence-corrected chi connectivity index (χ3v) is 4.44. The summed E-state index contributed by atoms with van der Waals surface area (Å²) in [5, 5.41) is 13.2. The van der Waals surface area contributed by atoms with E-state index in [1.165, 1.54) is 0 Å². The van der Waals surface area contributed by atoms with E-state index in [1.807, 2.05) is 0 Å². The molecule has 0 saturated carbocycles. The van der Waals surface area contributed by atoms with Crippen LogP contribution in [-0.4, -0.2) is 45.2 Å². The Morgan fingerprint density at radius 3 is 2.70 bits per heavy atom. The second-order valence-electron chi connectivity index (χ2n) is 5.10. The number of aromatic nitrogens is 3. The van der Waals surface area contributed by atoms with Gasteiger partial charge in [-0.15, -0.1) is 10.2 Å². The number of benzene rings is 1. The molecule has 0 radical (unpaired) electrons. The second kappa shape index (κ2) is 6.67. The maximum Gasteiger partial charge on any atom is 0.278 e. The lowest BCUT2D eigenvalue weighted by atomic mass is 10.2. The molecule has 2 N–H and O–H groups in total. The Morgan fingerprint density at radius 2 is 2.00 bits per heavy atom. The van der Waals surface area contributed by atoms with Crippen molar-refractivity contribution in [1.29, 1.82) is 0 Å². The fraction of sp³-hybridized carbons (Fsp3) is 0.286. The number of aromatic amines is 1. The molecular formula is C14H13BrClN5O2. The van der Waals surface area contributed by atoms with E-state index in [-0.39, 0.29) is 17.4 Å². The molecule has 2 heterocycles. The normalized spacial score (nSPS) is 14.1. The van der Waals surface area contributed by atoms with Gasteiger partial charge in [-0.1, -0.05) is 11.6 Å². The van der Waals surface area contributed by atoms with Crippen LogP contribution in [0, 0.1) is 0 Å². The number of hydrogen-bond acceptors (Lipinski definition) is 4. The number of carbonyl (C=O) groups excluding carboxylic acids is 2. The Balaban J connectivity index is 1.79. The van der Waals surface area contributed by atoms with E-state index in [4.69, 9.17) is 11.6 Å². The fourth-order valence-corrected chi connectivity index (χ4v) is 3.25. The number of halogens is 2. The van der Waals surface area contributed by atoms with Crippen molar-refractivity contribution in [2.75, 3.05) is 18.4 Å². The predicted molar refractivity (Wildman–Crippen MR) is 88.6 cm³/mol. The molecule has 0 aliphatic carbocycles. The van der Waals surface area contributed by atoms with E-state index in [1.54, 1.807) is 23.1 Å². The van der Waals surface area contributed by atoms with Gasteiger partial charge in [0.2, 0.25) is 0 Å². The smallest absolute Gasteiger partial charge is 0.278 e. The van der Waals surface area contributed by atoms with Crippen LogP contribution in [0.5, 0.6) is 0 Å². The monoisotopic (exact) mass is 397 g/mol. The highest BCUT2D eigenvalue weighted by atomic mass is 79.9. The number of nitrogens with one attached hydrogen (secondary N) is 2. The molecule has 23 heavy (non-hydrogen) atoms. The topological polar surface area (TPSA) is 91.0 Å². The average Bonchev–Trinajstić information content (AvgIpc) is 3.17. The van der Waals surface area contributed by atoms with Crippen molar-refractivity contribution in [2.24, 2.45) is 0 Å². The van der Waals surface area contributed by atoms with E-state index in [0.29, 0.717) is 28.1 Å². The van der Waals surface area contributed by atoms with Gasteiger partial charge in [-0.25, -0.2) is 0 Å². The van der Waals surface area contributed by atoms with Gasteiger partial charge in [0.25, 0.3) is 11.8 Å². The minimum Gasteiger partial charge on any atom is -0.337 e. The van der Waals surface area contributed by atoms with Crippen molar-refractivity contribution in [3.8, 4) is 0 Å². The van der Waals surface area contributed by atoms with Crippen LogP contribution >= 0.6 is 27.5 Å².